The Balaban J connectivity index is 1.65. The third kappa shape index (κ3) is 4.80. The lowest BCUT2D eigenvalue weighted by Crippen LogP contribution is -2.38. The minimum Gasteiger partial charge on any atom is -0.307 e. The normalized spacial score (nSPS) is 21.1. The number of carbonyl (C=O) groups excluding carboxylic acids is 1. The summed E-state index contributed by atoms with van der Waals surface area (Å²) in [5, 5.41) is 4.23. The number of aromatic nitrogens is 1. The van der Waals surface area contributed by atoms with Crippen LogP contribution in [-0.2, 0) is 0 Å². The summed E-state index contributed by atoms with van der Waals surface area (Å²) in [5.74, 6) is 0.463. The zero-order valence-electron chi connectivity index (χ0n) is 14.4. The van der Waals surface area contributed by atoms with Crippen LogP contribution in [0.15, 0.2) is 47.5 Å². The number of halogens is 1. The maximum atomic E-state index is 13.0. The Bertz CT molecular complexity index is 738. The maximum Gasteiger partial charge on any atom is 0.256 e. The number of piperidine rings is 1. The van der Waals surface area contributed by atoms with Crippen LogP contribution in [0.5, 0.6) is 0 Å². The Labute approximate surface area is 151 Å². The van der Waals surface area contributed by atoms with Crippen LogP contribution in [0.2, 0.25) is 0 Å². The zero-order chi connectivity index (χ0) is 17.8. The molecule has 0 spiro atoms. The molecule has 2 heterocycles. The number of pyridine rings is 1. The van der Waals surface area contributed by atoms with Crippen LogP contribution in [0.3, 0.4) is 0 Å². The standard InChI is InChI=1S/C19H22FN3OS/c1-13-12-23(2)11-10-16(13)25-18-5-3-4-17(21-18)22-19(24)14-6-8-15(20)9-7-14/h3-9,13,16H,10-12H2,1-2H3,(H,21,22,24). The summed E-state index contributed by atoms with van der Waals surface area (Å²) in [5.41, 5.74) is 0.408. The monoisotopic (exact) mass is 359 g/mol. The number of benzene rings is 1. The molecule has 0 saturated carbocycles. The third-order valence-electron chi connectivity index (χ3n) is 4.37. The van der Waals surface area contributed by atoms with Gasteiger partial charge in [-0.05, 0) is 62.3 Å². The van der Waals surface area contributed by atoms with Gasteiger partial charge in [0.15, 0.2) is 0 Å². The summed E-state index contributed by atoms with van der Waals surface area (Å²) in [7, 11) is 2.15. The van der Waals surface area contributed by atoms with Gasteiger partial charge in [-0.2, -0.15) is 0 Å². The van der Waals surface area contributed by atoms with E-state index in [-0.39, 0.29) is 11.7 Å². The maximum absolute atomic E-state index is 13.0. The molecule has 2 atom stereocenters. The summed E-state index contributed by atoms with van der Waals surface area (Å²) < 4.78 is 13.0. The molecule has 0 bridgehead atoms. The number of amides is 1. The zero-order valence-corrected chi connectivity index (χ0v) is 15.2. The molecule has 1 aliphatic heterocycles. The average Bonchev–Trinajstić information content (AvgIpc) is 2.58. The first-order chi connectivity index (χ1) is 12.0. The molecular formula is C19H22FN3OS. The quantitative estimate of drug-likeness (QED) is 0.899. The molecule has 1 aliphatic rings. The van der Waals surface area contributed by atoms with Crippen molar-refractivity contribution in [1.82, 2.24) is 9.88 Å². The number of rotatable bonds is 4. The summed E-state index contributed by atoms with van der Waals surface area (Å²) in [6, 6.07) is 11.1. The number of anilines is 1. The van der Waals surface area contributed by atoms with Gasteiger partial charge < -0.3 is 10.2 Å². The van der Waals surface area contributed by atoms with Gasteiger partial charge in [0, 0.05) is 17.4 Å². The molecule has 2 unspecified atom stereocenters. The number of hydrogen-bond donors (Lipinski definition) is 1. The molecule has 1 fully saturated rings. The van der Waals surface area contributed by atoms with Crippen LogP contribution in [0.25, 0.3) is 0 Å². The van der Waals surface area contributed by atoms with Crippen molar-refractivity contribution in [3.63, 3.8) is 0 Å². The van der Waals surface area contributed by atoms with E-state index in [1.54, 1.807) is 17.8 Å². The van der Waals surface area contributed by atoms with E-state index in [0.29, 0.717) is 22.5 Å². The van der Waals surface area contributed by atoms with Gasteiger partial charge in [-0.1, -0.05) is 13.0 Å². The topological polar surface area (TPSA) is 45.2 Å². The van der Waals surface area contributed by atoms with Crippen molar-refractivity contribution >= 4 is 23.5 Å². The number of hydrogen-bond acceptors (Lipinski definition) is 4. The number of nitrogens with zero attached hydrogens (tertiary/aromatic N) is 2. The Kier molecular flexibility index (Phi) is 5.71. The first-order valence-corrected chi connectivity index (χ1v) is 9.28. The van der Waals surface area contributed by atoms with Crippen LogP contribution in [0, 0.1) is 11.7 Å². The summed E-state index contributed by atoms with van der Waals surface area (Å²) >= 11 is 1.78. The van der Waals surface area contributed by atoms with E-state index in [4.69, 9.17) is 0 Å². The lowest BCUT2D eigenvalue weighted by atomic mass is 10.0. The fourth-order valence-corrected chi connectivity index (χ4v) is 4.16. The van der Waals surface area contributed by atoms with Crippen molar-refractivity contribution in [2.24, 2.45) is 5.92 Å². The second-order valence-corrected chi connectivity index (χ2v) is 7.77. The molecular weight excluding hydrogens is 337 g/mol. The van der Waals surface area contributed by atoms with Crippen LogP contribution < -0.4 is 5.32 Å². The van der Waals surface area contributed by atoms with Crippen LogP contribution in [-0.4, -0.2) is 41.2 Å². The van der Waals surface area contributed by atoms with Crippen molar-refractivity contribution in [1.29, 1.82) is 0 Å². The van der Waals surface area contributed by atoms with Gasteiger partial charge >= 0.3 is 0 Å². The van der Waals surface area contributed by atoms with Gasteiger partial charge in [0.25, 0.3) is 5.91 Å². The van der Waals surface area contributed by atoms with Gasteiger partial charge in [-0.3, -0.25) is 4.79 Å². The van der Waals surface area contributed by atoms with Gasteiger partial charge in [-0.15, -0.1) is 11.8 Å². The highest BCUT2D eigenvalue weighted by atomic mass is 32.2. The molecule has 1 aromatic carbocycles. The van der Waals surface area contributed by atoms with Gasteiger partial charge in [0.2, 0.25) is 0 Å². The highest BCUT2D eigenvalue weighted by Crippen LogP contribution is 2.32. The second kappa shape index (κ2) is 7.97. The van der Waals surface area contributed by atoms with Crippen molar-refractivity contribution in [3.05, 3.63) is 53.8 Å². The molecule has 6 heteroatoms. The van der Waals surface area contributed by atoms with Crippen molar-refractivity contribution in [2.75, 3.05) is 25.5 Å². The Morgan fingerprint density at radius 1 is 1.28 bits per heavy atom. The summed E-state index contributed by atoms with van der Waals surface area (Å²) in [6.07, 6.45) is 1.14. The minimum atomic E-state index is -0.361. The van der Waals surface area contributed by atoms with E-state index in [2.05, 4.69) is 29.2 Å². The number of nitrogens with one attached hydrogen (secondary N) is 1. The fraction of sp³-hybridized carbons (Fsp3) is 0.368. The molecule has 0 radical (unpaired) electrons. The van der Waals surface area contributed by atoms with Gasteiger partial charge in [0.05, 0.1) is 5.03 Å². The minimum absolute atomic E-state index is 0.290. The smallest absolute Gasteiger partial charge is 0.256 e. The SMILES string of the molecule is CC1CN(C)CCC1Sc1cccc(NC(=O)c2ccc(F)cc2)n1. The molecule has 2 aromatic rings. The van der Waals surface area contributed by atoms with E-state index >= 15 is 0 Å². The van der Waals surface area contributed by atoms with Crippen molar-refractivity contribution in [2.45, 2.75) is 23.6 Å². The number of thioether (sulfide) groups is 1. The molecule has 1 saturated heterocycles. The second-order valence-electron chi connectivity index (χ2n) is 6.51. The Hall–Kier alpha value is -1.92. The third-order valence-corrected chi connectivity index (χ3v) is 5.85. The largest absolute Gasteiger partial charge is 0.307 e. The molecule has 3 rings (SSSR count). The van der Waals surface area contributed by atoms with Gasteiger partial charge in [0.1, 0.15) is 11.6 Å². The van der Waals surface area contributed by atoms with E-state index in [0.717, 1.165) is 24.5 Å². The molecule has 132 valence electrons. The summed E-state index contributed by atoms with van der Waals surface area (Å²) in [6.45, 7) is 4.47. The predicted molar refractivity (Wildman–Crippen MR) is 99.5 cm³/mol. The molecule has 1 aromatic heterocycles. The average molecular weight is 359 g/mol. The van der Waals surface area contributed by atoms with Crippen LogP contribution in [0.4, 0.5) is 10.2 Å². The fourth-order valence-electron chi connectivity index (χ4n) is 3.00. The molecule has 1 N–H and O–H groups in total. The number of likely N-dealkylation sites (tertiary alicyclic amines) is 1. The van der Waals surface area contributed by atoms with Crippen LogP contribution >= 0.6 is 11.8 Å². The lowest BCUT2D eigenvalue weighted by Gasteiger charge is -2.34. The molecule has 4 nitrogen and oxygen atoms in total. The van der Waals surface area contributed by atoms with E-state index in [1.807, 2.05) is 12.1 Å². The highest BCUT2D eigenvalue weighted by molar-refractivity contribution is 7.99. The Morgan fingerprint density at radius 2 is 2.04 bits per heavy atom. The summed E-state index contributed by atoms with van der Waals surface area (Å²) in [4.78, 5) is 19.1. The molecule has 0 aliphatic carbocycles. The van der Waals surface area contributed by atoms with Crippen molar-refractivity contribution < 1.29 is 9.18 Å². The van der Waals surface area contributed by atoms with Gasteiger partial charge in [-0.25, -0.2) is 9.37 Å². The van der Waals surface area contributed by atoms with Crippen LogP contribution in [0.1, 0.15) is 23.7 Å². The lowest BCUT2D eigenvalue weighted by molar-refractivity contribution is 0.102. The Morgan fingerprint density at radius 3 is 2.76 bits per heavy atom. The molecule has 1 amide bonds. The van der Waals surface area contributed by atoms with E-state index in [1.165, 1.54) is 24.3 Å². The first-order valence-electron chi connectivity index (χ1n) is 8.40. The highest BCUT2D eigenvalue weighted by Gasteiger charge is 2.25. The number of carbonyl (C=O) groups is 1. The molecule has 25 heavy (non-hydrogen) atoms. The first kappa shape index (κ1) is 17.9. The van der Waals surface area contributed by atoms with E-state index < -0.39 is 0 Å². The van der Waals surface area contributed by atoms with E-state index in [9.17, 15) is 9.18 Å². The predicted octanol–water partition coefficient (Wildman–Crippen LogP) is 3.91. The van der Waals surface area contributed by atoms with Crippen molar-refractivity contribution in [3.8, 4) is 0 Å².